The number of rotatable bonds is 5. The molecule has 2 amide bonds. The predicted octanol–water partition coefficient (Wildman–Crippen LogP) is 2.55. The first kappa shape index (κ1) is 15.8. The Bertz CT molecular complexity index is 492. The van der Waals surface area contributed by atoms with Crippen molar-refractivity contribution in [1.29, 1.82) is 0 Å². The molecule has 0 saturated carbocycles. The number of hydrogen-bond acceptors (Lipinski definition) is 2. The number of nitrogens with one attached hydrogen (secondary N) is 2. The van der Waals surface area contributed by atoms with Crippen LogP contribution in [0.3, 0.4) is 0 Å². The van der Waals surface area contributed by atoms with Crippen molar-refractivity contribution in [2.75, 3.05) is 0 Å². The lowest BCUT2D eigenvalue weighted by molar-refractivity contribution is -0.131. The summed E-state index contributed by atoms with van der Waals surface area (Å²) < 4.78 is 0. The second-order valence-electron chi connectivity index (χ2n) is 4.83. The summed E-state index contributed by atoms with van der Waals surface area (Å²) in [6, 6.07) is 7.11. The quantitative estimate of drug-likeness (QED) is 0.723. The van der Waals surface area contributed by atoms with Crippen LogP contribution in [-0.2, 0) is 4.79 Å². The van der Waals surface area contributed by atoms with Crippen LogP contribution < -0.4 is 10.6 Å². The Morgan fingerprint density at radius 3 is 2.20 bits per heavy atom. The lowest BCUT2D eigenvalue weighted by Gasteiger charge is -2.16. The van der Waals surface area contributed by atoms with Gasteiger partial charge in [-0.3, -0.25) is 0 Å². The minimum Gasteiger partial charge on any atom is -0.478 e. The fourth-order valence-electron chi connectivity index (χ4n) is 1.65. The lowest BCUT2D eigenvalue weighted by atomic mass is 10.1. The molecule has 0 radical (unpaired) electrons. The highest BCUT2D eigenvalue weighted by Gasteiger charge is 2.09. The van der Waals surface area contributed by atoms with Crippen LogP contribution in [0.25, 0.3) is 6.08 Å². The predicted molar refractivity (Wildman–Crippen MR) is 78.3 cm³/mol. The monoisotopic (exact) mass is 276 g/mol. The standard InChI is InChI=1S/C15H20N2O3/c1-10(2)16-15(20)17-11(3)13-7-4-12(5-8-13)6-9-14(18)19/h4-11H,1-3H3,(H,18,19)(H2,16,17,20). The van der Waals surface area contributed by atoms with E-state index in [1.165, 1.54) is 6.08 Å². The highest BCUT2D eigenvalue weighted by atomic mass is 16.4. The zero-order chi connectivity index (χ0) is 15.1. The number of urea groups is 1. The summed E-state index contributed by atoms with van der Waals surface area (Å²) in [4.78, 5) is 22.0. The number of carbonyl (C=O) groups excluding carboxylic acids is 1. The second kappa shape index (κ2) is 7.33. The van der Waals surface area contributed by atoms with Crippen LogP contribution >= 0.6 is 0 Å². The first-order chi connectivity index (χ1) is 9.38. The molecule has 0 aliphatic heterocycles. The van der Waals surface area contributed by atoms with E-state index in [0.717, 1.165) is 17.2 Å². The number of benzene rings is 1. The number of amides is 2. The zero-order valence-electron chi connectivity index (χ0n) is 11.9. The molecule has 1 unspecified atom stereocenters. The molecule has 1 aromatic rings. The summed E-state index contributed by atoms with van der Waals surface area (Å²) in [5.74, 6) is -0.977. The topological polar surface area (TPSA) is 78.4 Å². The molecule has 0 aliphatic rings. The molecule has 0 fully saturated rings. The van der Waals surface area contributed by atoms with Gasteiger partial charge in [0, 0.05) is 12.1 Å². The molecule has 0 saturated heterocycles. The minimum absolute atomic E-state index is 0.0886. The molecule has 0 aliphatic carbocycles. The smallest absolute Gasteiger partial charge is 0.328 e. The van der Waals surface area contributed by atoms with E-state index in [9.17, 15) is 9.59 Å². The minimum atomic E-state index is -0.977. The SMILES string of the molecule is CC(C)NC(=O)NC(C)c1ccc(C=CC(=O)O)cc1. The van der Waals surface area contributed by atoms with E-state index in [4.69, 9.17) is 5.11 Å². The van der Waals surface area contributed by atoms with Crippen molar-refractivity contribution >= 4 is 18.1 Å². The fourth-order valence-corrected chi connectivity index (χ4v) is 1.65. The van der Waals surface area contributed by atoms with E-state index in [2.05, 4.69) is 10.6 Å². The zero-order valence-corrected chi connectivity index (χ0v) is 11.9. The average molecular weight is 276 g/mol. The van der Waals surface area contributed by atoms with E-state index in [1.807, 2.05) is 45.0 Å². The maximum Gasteiger partial charge on any atom is 0.328 e. The van der Waals surface area contributed by atoms with Gasteiger partial charge in [-0.25, -0.2) is 9.59 Å². The summed E-state index contributed by atoms with van der Waals surface area (Å²) in [5.41, 5.74) is 1.76. The molecule has 0 bridgehead atoms. The van der Waals surface area contributed by atoms with Crippen molar-refractivity contribution in [1.82, 2.24) is 10.6 Å². The summed E-state index contributed by atoms with van der Waals surface area (Å²) in [5, 5.41) is 14.1. The largest absolute Gasteiger partial charge is 0.478 e. The molecular weight excluding hydrogens is 256 g/mol. The van der Waals surface area contributed by atoms with Gasteiger partial charge in [-0.1, -0.05) is 24.3 Å². The molecule has 5 heteroatoms. The molecule has 1 rings (SSSR count). The van der Waals surface area contributed by atoms with Crippen LogP contribution in [0, 0.1) is 0 Å². The Morgan fingerprint density at radius 2 is 1.70 bits per heavy atom. The molecule has 1 aromatic carbocycles. The normalized spacial score (nSPS) is 12.4. The van der Waals surface area contributed by atoms with E-state index in [-0.39, 0.29) is 18.1 Å². The van der Waals surface area contributed by atoms with Gasteiger partial charge in [0.05, 0.1) is 6.04 Å². The first-order valence-electron chi connectivity index (χ1n) is 6.46. The van der Waals surface area contributed by atoms with Gasteiger partial charge in [0.15, 0.2) is 0 Å². The Morgan fingerprint density at radius 1 is 1.10 bits per heavy atom. The molecule has 108 valence electrons. The molecule has 0 spiro atoms. The van der Waals surface area contributed by atoms with Gasteiger partial charge in [-0.15, -0.1) is 0 Å². The van der Waals surface area contributed by atoms with Crippen LogP contribution in [0.1, 0.15) is 37.9 Å². The summed E-state index contributed by atoms with van der Waals surface area (Å²) in [7, 11) is 0. The average Bonchev–Trinajstić information content (AvgIpc) is 2.35. The van der Waals surface area contributed by atoms with Crippen molar-refractivity contribution in [2.45, 2.75) is 32.9 Å². The Balaban J connectivity index is 2.63. The molecule has 1 atom stereocenters. The Kier molecular flexibility index (Phi) is 5.77. The highest BCUT2D eigenvalue weighted by Crippen LogP contribution is 2.14. The van der Waals surface area contributed by atoms with Gasteiger partial charge >= 0.3 is 12.0 Å². The van der Waals surface area contributed by atoms with Crippen LogP contribution in [0.5, 0.6) is 0 Å². The number of carbonyl (C=O) groups is 2. The Hall–Kier alpha value is -2.30. The molecule has 0 heterocycles. The molecule has 20 heavy (non-hydrogen) atoms. The fraction of sp³-hybridized carbons (Fsp3) is 0.333. The van der Waals surface area contributed by atoms with Crippen LogP contribution in [-0.4, -0.2) is 23.1 Å². The van der Waals surface area contributed by atoms with Crippen molar-refractivity contribution in [3.8, 4) is 0 Å². The second-order valence-corrected chi connectivity index (χ2v) is 4.83. The maximum atomic E-state index is 11.6. The van der Waals surface area contributed by atoms with E-state index < -0.39 is 5.97 Å². The third kappa shape index (κ3) is 5.56. The van der Waals surface area contributed by atoms with Gasteiger partial charge in [0.25, 0.3) is 0 Å². The molecular formula is C15H20N2O3. The van der Waals surface area contributed by atoms with Gasteiger partial charge in [0.2, 0.25) is 0 Å². The lowest BCUT2D eigenvalue weighted by Crippen LogP contribution is -2.40. The van der Waals surface area contributed by atoms with Crippen LogP contribution in [0.2, 0.25) is 0 Å². The summed E-state index contributed by atoms with van der Waals surface area (Å²) in [6.45, 7) is 5.68. The van der Waals surface area contributed by atoms with E-state index in [0.29, 0.717) is 0 Å². The third-order valence-electron chi connectivity index (χ3n) is 2.62. The van der Waals surface area contributed by atoms with Gasteiger partial charge in [0.1, 0.15) is 0 Å². The van der Waals surface area contributed by atoms with Crippen LogP contribution in [0.4, 0.5) is 4.79 Å². The third-order valence-corrected chi connectivity index (χ3v) is 2.62. The van der Waals surface area contributed by atoms with Crippen molar-refractivity contribution in [3.63, 3.8) is 0 Å². The van der Waals surface area contributed by atoms with Crippen molar-refractivity contribution < 1.29 is 14.7 Å². The number of carboxylic acids is 1. The summed E-state index contributed by atoms with van der Waals surface area (Å²) in [6.07, 6.45) is 2.61. The van der Waals surface area contributed by atoms with Gasteiger partial charge < -0.3 is 15.7 Å². The molecule has 3 N–H and O–H groups in total. The maximum absolute atomic E-state index is 11.6. The van der Waals surface area contributed by atoms with Crippen molar-refractivity contribution in [3.05, 3.63) is 41.5 Å². The number of carboxylic acid groups (broad SMARTS) is 1. The van der Waals surface area contributed by atoms with Gasteiger partial charge in [-0.05, 0) is 38.0 Å². The molecule has 5 nitrogen and oxygen atoms in total. The van der Waals surface area contributed by atoms with E-state index in [1.54, 1.807) is 0 Å². The van der Waals surface area contributed by atoms with Crippen LogP contribution in [0.15, 0.2) is 30.3 Å². The number of aliphatic carboxylic acids is 1. The first-order valence-corrected chi connectivity index (χ1v) is 6.46. The van der Waals surface area contributed by atoms with E-state index >= 15 is 0 Å². The van der Waals surface area contributed by atoms with Gasteiger partial charge in [-0.2, -0.15) is 0 Å². The highest BCUT2D eigenvalue weighted by molar-refractivity contribution is 5.85. The number of hydrogen-bond donors (Lipinski definition) is 3. The molecule has 0 aromatic heterocycles. The van der Waals surface area contributed by atoms with Crippen molar-refractivity contribution in [2.24, 2.45) is 0 Å². The summed E-state index contributed by atoms with van der Waals surface area (Å²) >= 11 is 0. The Labute approximate surface area is 118 Å².